The number of hydrogen-bond donors (Lipinski definition) is 0. The fourth-order valence-corrected chi connectivity index (χ4v) is 5.35. The SMILES string of the molecule is C[C@H](c1cccnc1CC(F)(F)F)N1CCN(c2cnn(C3C=CCCCC3)c(=O)c2Cl)[C@H](C)C1. The van der Waals surface area contributed by atoms with Crippen LogP contribution in [0.2, 0.25) is 5.02 Å². The number of allylic oxidation sites excluding steroid dienone is 2. The van der Waals surface area contributed by atoms with Crippen LogP contribution in [0.3, 0.4) is 0 Å². The van der Waals surface area contributed by atoms with E-state index in [4.69, 9.17) is 11.6 Å². The number of anilines is 1. The predicted molar refractivity (Wildman–Crippen MR) is 131 cm³/mol. The van der Waals surface area contributed by atoms with Crippen LogP contribution in [0.25, 0.3) is 0 Å². The zero-order valence-electron chi connectivity index (χ0n) is 20.0. The molecule has 1 aliphatic heterocycles. The minimum atomic E-state index is -4.31. The summed E-state index contributed by atoms with van der Waals surface area (Å²) in [4.78, 5) is 21.3. The first-order chi connectivity index (χ1) is 16.7. The van der Waals surface area contributed by atoms with Gasteiger partial charge in [0, 0.05) is 37.9 Å². The highest BCUT2D eigenvalue weighted by molar-refractivity contribution is 6.33. The van der Waals surface area contributed by atoms with Crippen LogP contribution in [0.15, 0.2) is 41.5 Å². The van der Waals surface area contributed by atoms with Gasteiger partial charge in [0.1, 0.15) is 5.02 Å². The molecule has 0 spiro atoms. The summed E-state index contributed by atoms with van der Waals surface area (Å²) in [6.45, 7) is 5.72. The molecule has 2 aliphatic rings. The number of alkyl halides is 3. The average Bonchev–Trinajstić information content (AvgIpc) is 3.09. The topological polar surface area (TPSA) is 54.3 Å². The molecule has 0 saturated carbocycles. The quantitative estimate of drug-likeness (QED) is 0.509. The molecule has 2 aromatic rings. The van der Waals surface area contributed by atoms with Gasteiger partial charge in [0.05, 0.1) is 30.0 Å². The van der Waals surface area contributed by atoms with Crippen LogP contribution in [0.1, 0.15) is 62.9 Å². The minimum Gasteiger partial charge on any atom is -0.364 e. The lowest BCUT2D eigenvalue weighted by molar-refractivity contribution is -0.128. The van der Waals surface area contributed by atoms with Crippen molar-refractivity contribution < 1.29 is 13.2 Å². The van der Waals surface area contributed by atoms with Gasteiger partial charge in [-0.05, 0) is 44.7 Å². The zero-order chi connectivity index (χ0) is 25.2. The first-order valence-electron chi connectivity index (χ1n) is 12.1. The molecular weight excluding hydrogens is 479 g/mol. The molecule has 1 fully saturated rings. The molecule has 0 bridgehead atoms. The van der Waals surface area contributed by atoms with Gasteiger partial charge in [-0.3, -0.25) is 14.7 Å². The lowest BCUT2D eigenvalue weighted by Gasteiger charge is -2.44. The normalized spacial score (nSPS) is 22.7. The van der Waals surface area contributed by atoms with E-state index in [2.05, 4.69) is 26.0 Å². The first kappa shape index (κ1) is 25.7. The molecule has 35 heavy (non-hydrogen) atoms. The van der Waals surface area contributed by atoms with Crippen molar-refractivity contribution in [1.82, 2.24) is 19.7 Å². The molecule has 6 nitrogen and oxygen atoms in total. The van der Waals surface area contributed by atoms with Crippen LogP contribution in [-0.4, -0.2) is 51.5 Å². The molecule has 2 aromatic heterocycles. The maximum absolute atomic E-state index is 13.1. The monoisotopic (exact) mass is 509 g/mol. The summed E-state index contributed by atoms with van der Waals surface area (Å²) in [6, 6.07) is 3.07. The number of halogens is 4. The molecule has 3 heterocycles. The third-order valence-electron chi connectivity index (χ3n) is 6.98. The van der Waals surface area contributed by atoms with E-state index in [1.165, 1.54) is 10.9 Å². The van der Waals surface area contributed by atoms with Gasteiger partial charge in [-0.15, -0.1) is 0 Å². The van der Waals surface area contributed by atoms with Gasteiger partial charge < -0.3 is 4.90 Å². The van der Waals surface area contributed by atoms with Crippen LogP contribution in [0, 0.1) is 0 Å². The number of hydrogen-bond acceptors (Lipinski definition) is 5. The van der Waals surface area contributed by atoms with Crippen molar-refractivity contribution in [3.05, 3.63) is 63.3 Å². The Bertz CT molecular complexity index is 1120. The van der Waals surface area contributed by atoms with E-state index in [1.54, 1.807) is 18.3 Å². The van der Waals surface area contributed by atoms with E-state index in [-0.39, 0.29) is 34.4 Å². The Morgan fingerprint density at radius 3 is 2.80 bits per heavy atom. The minimum absolute atomic E-state index is 0.0127. The maximum Gasteiger partial charge on any atom is 0.394 e. The summed E-state index contributed by atoms with van der Waals surface area (Å²) in [6.07, 6.45) is 5.84. The fourth-order valence-electron chi connectivity index (χ4n) is 5.10. The van der Waals surface area contributed by atoms with Gasteiger partial charge in [0.25, 0.3) is 5.56 Å². The summed E-state index contributed by atoms with van der Waals surface area (Å²) >= 11 is 6.57. The van der Waals surface area contributed by atoms with E-state index in [9.17, 15) is 18.0 Å². The van der Waals surface area contributed by atoms with Gasteiger partial charge >= 0.3 is 6.18 Å². The van der Waals surface area contributed by atoms with E-state index < -0.39 is 12.6 Å². The largest absolute Gasteiger partial charge is 0.394 e. The molecule has 0 N–H and O–H groups in total. The van der Waals surface area contributed by atoms with Gasteiger partial charge in [-0.2, -0.15) is 18.3 Å². The van der Waals surface area contributed by atoms with Gasteiger partial charge in [0.2, 0.25) is 0 Å². The predicted octanol–water partition coefficient (Wildman–Crippen LogP) is 5.34. The number of nitrogens with zero attached hydrogens (tertiary/aromatic N) is 5. The Labute approximate surface area is 208 Å². The zero-order valence-corrected chi connectivity index (χ0v) is 20.8. The van der Waals surface area contributed by atoms with Crippen LogP contribution in [0.5, 0.6) is 0 Å². The van der Waals surface area contributed by atoms with Crippen LogP contribution < -0.4 is 10.5 Å². The smallest absolute Gasteiger partial charge is 0.364 e. The summed E-state index contributed by atoms with van der Waals surface area (Å²) < 4.78 is 40.6. The number of rotatable bonds is 5. The molecular formula is C25H31ClF3N5O. The van der Waals surface area contributed by atoms with Crippen molar-refractivity contribution in [3.8, 4) is 0 Å². The molecule has 190 valence electrons. The summed E-state index contributed by atoms with van der Waals surface area (Å²) in [5.41, 5.74) is 0.954. The number of aromatic nitrogens is 3. The van der Waals surface area contributed by atoms with E-state index in [0.717, 1.165) is 25.7 Å². The Balaban J connectivity index is 1.50. The second-order valence-corrected chi connectivity index (χ2v) is 9.80. The molecule has 10 heteroatoms. The van der Waals surface area contributed by atoms with Crippen LogP contribution >= 0.6 is 11.6 Å². The van der Waals surface area contributed by atoms with Crippen molar-refractivity contribution in [1.29, 1.82) is 0 Å². The van der Waals surface area contributed by atoms with Crippen molar-refractivity contribution >= 4 is 17.3 Å². The number of pyridine rings is 1. The first-order valence-corrected chi connectivity index (χ1v) is 12.5. The third-order valence-corrected chi connectivity index (χ3v) is 7.33. The number of piperazine rings is 1. The highest BCUT2D eigenvalue weighted by atomic mass is 35.5. The molecule has 0 radical (unpaired) electrons. The molecule has 0 aromatic carbocycles. The average molecular weight is 510 g/mol. The molecule has 1 saturated heterocycles. The Hall–Kier alpha value is -2.39. The van der Waals surface area contributed by atoms with Crippen molar-refractivity contribution in [2.45, 2.75) is 70.3 Å². The second kappa shape index (κ2) is 10.7. The van der Waals surface area contributed by atoms with Gasteiger partial charge in [-0.25, -0.2) is 4.68 Å². The molecule has 1 aliphatic carbocycles. The molecule has 1 unspecified atom stereocenters. The maximum atomic E-state index is 13.1. The van der Waals surface area contributed by atoms with Crippen LogP contribution in [0.4, 0.5) is 18.9 Å². The second-order valence-electron chi connectivity index (χ2n) is 9.42. The van der Waals surface area contributed by atoms with Gasteiger partial charge in [0.15, 0.2) is 0 Å². The van der Waals surface area contributed by atoms with Crippen LogP contribution in [-0.2, 0) is 6.42 Å². The highest BCUT2D eigenvalue weighted by Crippen LogP contribution is 2.32. The molecule has 3 atom stereocenters. The Morgan fingerprint density at radius 2 is 2.06 bits per heavy atom. The fraction of sp³-hybridized carbons (Fsp3) is 0.560. The summed E-state index contributed by atoms with van der Waals surface area (Å²) in [5.74, 6) is 0. The Kier molecular flexibility index (Phi) is 7.86. The highest BCUT2D eigenvalue weighted by Gasteiger charge is 2.34. The summed E-state index contributed by atoms with van der Waals surface area (Å²) in [5, 5.41) is 4.62. The van der Waals surface area contributed by atoms with Crippen molar-refractivity contribution in [2.24, 2.45) is 0 Å². The van der Waals surface area contributed by atoms with E-state index >= 15 is 0 Å². The lowest BCUT2D eigenvalue weighted by Crippen LogP contribution is -2.53. The lowest BCUT2D eigenvalue weighted by atomic mass is 10.0. The summed E-state index contributed by atoms with van der Waals surface area (Å²) in [7, 11) is 0. The molecule has 4 rings (SSSR count). The van der Waals surface area contributed by atoms with Crippen molar-refractivity contribution in [2.75, 3.05) is 24.5 Å². The van der Waals surface area contributed by atoms with Crippen molar-refractivity contribution in [3.63, 3.8) is 0 Å². The standard InChI is InChI=1S/C25H31ClF3N5O/c1-17-16-32(18(2)20-10-7-11-30-21(20)14-25(27,28)29)12-13-33(17)22-15-31-34(24(35)23(22)26)19-8-5-3-4-6-9-19/h5,7-8,10-11,15,17-19H,3-4,6,9,12-14,16H2,1-2H3/t17-,18-,19?/m1/s1. The third kappa shape index (κ3) is 5.89. The molecule has 0 amide bonds. The van der Waals surface area contributed by atoms with Gasteiger partial charge in [-0.1, -0.05) is 36.2 Å². The Morgan fingerprint density at radius 1 is 1.26 bits per heavy atom. The van der Waals surface area contributed by atoms with E-state index in [0.29, 0.717) is 30.9 Å². The van der Waals surface area contributed by atoms with E-state index in [1.807, 2.05) is 19.9 Å².